The van der Waals surface area contributed by atoms with Crippen molar-refractivity contribution in [3.63, 3.8) is 0 Å². The third-order valence-corrected chi connectivity index (χ3v) is 16.5. The van der Waals surface area contributed by atoms with Gasteiger partial charge < -0.3 is 21.7 Å². The number of nitrogens with zero attached hydrogens (tertiary/aromatic N) is 2. The van der Waals surface area contributed by atoms with Gasteiger partial charge in [0.05, 0.1) is 21.4 Å². The van der Waals surface area contributed by atoms with Crippen LogP contribution in [-0.2, 0) is 30.3 Å². The van der Waals surface area contributed by atoms with Gasteiger partial charge in [0.25, 0.3) is 0 Å². The SMILES string of the molecule is Nc1ccc(F)cc1.O=C1CC(c2ccsc2)(c2cccc(Br)n2)NC(=O)C1Sc1ccccc1Cl.O=C1CC(c2ccsc2)(c2cccc(Nc3ccc(F)cc3)n2)NC(=O)C1Sc1ccccc1Cl. The van der Waals surface area contributed by atoms with Crippen molar-refractivity contribution in [3.05, 3.63) is 216 Å². The van der Waals surface area contributed by atoms with E-state index in [4.69, 9.17) is 33.9 Å². The van der Waals surface area contributed by atoms with E-state index in [1.165, 1.54) is 70.8 Å². The van der Waals surface area contributed by atoms with Crippen LogP contribution in [0.4, 0.5) is 26.0 Å². The van der Waals surface area contributed by atoms with Crippen LogP contribution in [0.15, 0.2) is 182 Å². The molecule has 360 valence electrons. The van der Waals surface area contributed by atoms with Crippen molar-refractivity contribution in [2.75, 3.05) is 11.1 Å². The maximum absolute atomic E-state index is 13.4. The molecule has 0 spiro atoms. The fourth-order valence-corrected chi connectivity index (χ4v) is 12.0. The molecule has 4 aromatic heterocycles. The Morgan fingerprint density at radius 2 is 1.07 bits per heavy atom. The molecule has 0 saturated carbocycles. The van der Waals surface area contributed by atoms with Gasteiger partial charge in [0.15, 0.2) is 11.6 Å². The number of rotatable bonds is 10. The normalized spacial score (nSPS) is 19.6. The molecule has 2 aliphatic rings. The number of benzene rings is 4. The molecule has 0 bridgehead atoms. The Kier molecular flexibility index (Phi) is 16.7. The number of thioether (sulfide) groups is 2. The van der Waals surface area contributed by atoms with Crippen LogP contribution in [-0.4, -0.2) is 43.8 Å². The number of nitrogen functional groups attached to an aromatic ring is 1. The molecular formula is C52H39BrCl2F2N6O4S4. The molecule has 0 aliphatic carbocycles. The number of carbonyl (C=O) groups excluding carboxylic acids is 4. The van der Waals surface area contributed by atoms with Gasteiger partial charge in [0.2, 0.25) is 11.8 Å². The van der Waals surface area contributed by atoms with E-state index in [0.717, 1.165) is 22.9 Å². The minimum absolute atomic E-state index is 0.0462. The molecule has 5 N–H and O–H groups in total. The van der Waals surface area contributed by atoms with Gasteiger partial charge in [-0.15, -0.1) is 23.5 Å². The zero-order valence-electron chi connectivity index (χ0n) is 36.9. The number of ketones is 2. The van der Waals surface area contributed by atoms with Gasteiger partial charge in [0, 0.05) is 34.0 Å². The Bertz CT molecular complexity index is 3120. The molecule has 10 nitrogen and oxygen atoms in total. The van der Waals surface area contributed by atoms with Gasteiger partial charge in [-0.1, -0.05) is 59.6 Å². The number of anilines is 3. The predicted octanol–water partition coefficient (Wildman–Crippen LogP) is 12.6. The number of pyridine rings is 2. The summed E-state index contributed by atoms with van der Waals surface area (Å²) in [4.78, 5) is 63.6. The van der Waals surface area contributed by atoms with Crippen LogP contribution in [0.5, 0.6) is 0 Å². The van der Waals surface area contributed by atoms with Crippen LogP contribution >= 0.6 is 85.3 Å². The van der Waals surface area contributed by atoms with E-state index in [9.17, 15) is 28.0 Å². The summed E-state index contributed by atoms with van der Waals surface area (Å²) in [5.74, 6) is -1.16. The van der Waals surface area contributed by atoms with E-state index in [0.29, 0.717) is 53.0 Å². The lowest BCUT2D eigenvalue weighted by atomic mass is 9.79. The summed E-state index contributed by atoms with van der Waals surface area (Å²) < 4.78 is 26.0. The summed E-state index contributed by atoms with van der Waals surface area (Å²) in [6.45, 7) is 0. The lowest BCUT2D eigenvalue weighted by Crippen LogP contribution is -2.58. The van der Waals surface area contributed by atoms with Crippen molar-refractivity contribution in [3.8, 4) is 0 Å². The smallest absolute Gasteiger partial charge is 0.242 e. The lowest BCUT2D eigenvalue weighted by Gasteiger charge is -2.39. The highest BCUT2D eigenvalue weighted by Crippen LogP contribution is 2.43. The number of thiophene rings is 2. The Morgan fingerprint density at radius 1 is 0.606 bits per heavy atom. The van der Waals surface area contributed by atoms with Gasteiger partial charge in [-0.3, -0.25) is 19.2 Å². The first-order valence-electron chi connectivity index (χ1n) is 21.4. The van der Waals surface area contributed by atoms with Crippen molar-refractivity contribution in [2.45, 2.75) is 44.2 Å². The number of carbonyl (C=O) groups is 4. The standard InChI is InChI=1S/C26H19ClFN3O2S2.C20H14BrClN2O2S2.C6H6FN/c27-19-4-1-2-5-21(19)35-24-20(32)14-26(31-25(24)33,16-12-13-34-15-16)22-6-3-7-23(30-22)29-18-10-8-17(28)9-11-18;21-17-7-3-6-16(23-17)20(12-8-9-27-11-12)10-14(25)18(19(26)24-20)28-15-5-2-1-4-13(15)22;7-5-1-3-6(8)4-2-5/h1-13,15,24H,14H2,(H,29,30)(H,31,33);1-9,11,18H,10H2,(H,24,26);1-4H,8H2. The second kappa shape index (κ2) is 23.1. The van der Waals surface area contributed by atoms with Gasteiger partial charge in [-0.05, 0) is 158 Å². The average molecular weight is 1130 g/mol. The van der Waals surface area contributed by atoms with E-state index in [2.05, 4.69) is 36.9 Å². The topological polar surface area (TPSA) is 156 Å². The summed E-state index contributed by atoms with van der Waals surface area (Å²) >= 11 is 21.2. The van der Waals surface area contributed by atoms with E-state index < -0.39 is 27.5 Å². The number of nitrogens with one attached hydrogen (secondary N) is 3. The van der Waals surface area contributed by atoms with Crippen molar-refractivity contribution < 1.29 is 28.0 Å². The molecule has 4 unspecified atom stereocenters. The Labute approximate surface area is 442 Å². The lowest BCUT2D eigenvalue weighted by molar-refractivity contribution is -0.134. The van der Waals surface area contributed by atoms with Gasteiger partial charge >= 0.3 is 0 Å². The van der Waals surface area contributed by atoms with Crippen LogP contribution in [0.25, 0.3) is 0 Å². The zero-order valence-corrected chi connectivity index (χ0v) is 43.2. The molecular weight excluding hydrogens is 1090 g/mol. The Morgan fingerprint density at radius 3 is 1.51 bits per heavy atom. The molecule has 6 heterocycles. The van der Waals surface area contributed by atoms with Crippen molar-refractivity contribution in [1.29, 1.82) is 0 Å². The van der Waals surface area contributed by atoms with Crippen LogP contribution in [0.3, 0.4) is 0 Å². The van der Waals surface area contributed by atoms with E-state index in [1.807, 2.05) is 82.2 Å². The number of amides is 2. The van der Waals surface area contributed by atoms with E-state index in [1.54, 1.807) is 48.5 Å². The van der Waals surface area contributed by atoms with Gasteiger partial charge in [-0.25, -0.2) is 18.7 Å². The van der Waals surface area contributed by atoms with Crippen LogP contribution in [0, 0.1) is 11.6 Å². The number of halogens is 5. The number of Topliss-reactive ketones (excluding diaryl/α,β-unsaturated/α-hetero) is 2. The molecule has 71 heavy (non-hydrogen) atoms. The average Bonchev–Trinajstić information content (AvgIpc) is 4.12. The molecule has 2 aliphatic heterocycles. The minimum Gasteiger partial charge on any atom is -0.399 e. The largest absolute Gasteiger partial charge is 0.399 e. The molecule has 4 atom stereocenters. The first-order chi connectivity index (χ1) is 34.2. The summed E-state index contributed by atoms with van der Waals surface area (Å²) in [7, 11) is 0. The molecule has 2 amide bonds. The van der Waals surface area contributed by atoms with E-state index in [-0.39, 0.29) is 41.9 Å². The number of hydrogen-bond donors (Lipinski definition) is 4. The molecule has 10 rings (SSSR count). The van der Waals surface area contributed by atoms with Gasteiger partial charge in [0.1, 0.15) is 43.6 Å². The van der Waals surface area contributed by atoms with Crippen LogP contribution in [0.2, 0.25) is 10.0 Å². The summed E-state index contributed by atoms with van der Waals surface area (Å²) in [5, 5.41) is 16.3. The van der Waals surface area contributed by atoms with E-state index >= 15 is 0 Å². The molecule has 19 heteroatoms. The monoisotopic (exact) mass is 1130 g/mol. The minimum atomic E-state index is -1.10. The molecule has 8 aromatic rings. The predicted molar refractivity (Wildman–Crippen MR) is 285 cm³/mol. The van der Waals surface area contributed by atoms with Gasteiger partial charge in [-0.2, -0.15) is 22.7 Å². The summed E-state index contributed by atoms with van der Waals surface area (Å²) in [6, 6.07) is 40.7. The van der Waals surface area contributed by atoms with Crippen molar-refractivity contribution in [2.24, 2.45) is 0 Å². The fraction of sp³-hybridized carbons (Fsp3) is 0.115. The summed E-state index contributed by atoms with van der Waals surface area (Å²) in [6.07, 6.45) is 0.172. The van der Waals surface area contributed by atoms with Crippen molar-refractivity contribution in [1.82, 2.24) is 20.6 Å². The first-order valence-corrected chi connectivity index (χ1v) is 26.6. The molecule has 2 fully saturated rings. The first kappa shape index (κ1) is 51.4. The second-order valence-electron chi connectivity index (χ2n) is 15.9. The second-order valence-corrected chi connectivity index (χ2v) is 21.4. The maximum atomic E-state index is 13.4. The quantitative estimate of drug-likeness (QED) is 0.0591. The zero-order chi connectivity index (χ0) is 50.1. The highest BCUT2D eigenvalue weighted by molar-refractivity contribution is 9.10. The maximum Gasteiger partial charge on any atom is 0.242 e. The highest BCUT2D eigenvalue weighted by Gasteiger charge is 2.50. The number of piperidine rings is 2. The molecule has 2 saturated heterocycles. The number of hydrogen-bond acceptors (Lipinski definition) is 12. The fourth-order valence-electron chi connectivity index (χ4n) is 7.71. The van der Waals surface area contributed by atoms with Crippen molar-refractivity contribution >= 4 is 126 Å². The summed E-state index contributed by atoms with van der Waals surface area (Å²) in [5.41, 5.74) is 7.24. The third-order valence-electron chi connectivity index (χ3n) is 11.1. The van der Waals surface area contributed by atoms with Crippen LogP contribution < -0.4 is 21.7 Å². The Hall–Kier alpha value is -5.92. The number of aromatic nitrogens is 2. The number of nitrogens with two attached hydrogens (primary N) is 1. The molecule has 0 radical (unpaired) electrons. The molecule has 4 aromatic carbocycles. The highest BCUT2D eigenvalue weighted by atomic mass is 79.9. The third kappa shape index (κ3) is 12.2. The Balaban J connectivity index is 0.000000167. The van der Waals surface area contributed by atoms with Crippen LogP contribution in [0.1, 0.15) is 35.4 Å².